The molecule has 3 heteroatoms. The summed E-state index contributed by atoms with van der Waals surface area (Å²) in [5.41, 5.74) is 3.68. The van der Waals surface area contributed by atoms with E-state index >= 15 is 0 Å². The van der Waals surface area contributed by atoms with Crippen LogP contribution in [0, 0.1) is 0 Å². The molecule has 0 aliphatic carbocycles. The van der Waals surface area contributed by atoms with Gasteiger partial charge in [-0.2, -0.15) is 10.0 Å². The third-order valence-electron chi connectivity index (χ3n) is 3.76. The van der Waals surface area contributed by atoms with Gasteiger partial charge in [0, 0.05) is 9.79 Å². The highest BCUT2D eigenvalue weighted by Gasteiger charge is 2.29. The van der Waals surface area contributed by atoms with E-state index in [0.717, 1.165) is 5.52 Å². The van der Waals surface area contributed by atoms with E-state index in [0.29, 0.717) is 0 Å². The van der Waals surface area contributed by atoms with Crippen LogP contribution < -0.4 is 0 Å². The van der Waals surface area contributed by atoms with Crippen LogP contribution in [0.2, 0.25) is 0 Å². The number of fused-ring (bicyclic) bond motifs is 2. The van der Waals surface area contributed by atoms with Crippen molar-refractivity contribution in [3.05, 3.63) is 48.8 Å². The SMILES string of the molecule is CS1(C)c2ccccc2-n2cnc3cccc1c32. The number of benzene rings is 2. The topological polar surface area (TPSA) is 17.8 Å². The first kappa shape index (κ1) is 10.2. The maximum Gasteiger partial charge on any atom is 0.100 e. The molecule has 4 rings (SSSR count). The van der Waals surface area contributed by atoms with Gasteiger partial charge in [-0.25, -0.2) is 4.98 Å². The first-order chi connectivity index (χ1) is 8.69. The molecule has 3 aromatic rings. The standard InChI is InChI=1S/C15H14N2S/c1-18(2)13-8-4-3-7-12(13)17-10-16-11-6-5-9-14(18)15(11)17/h3-10H,1-2H3. The summed E-state index contributed by atoms with van der Waals surface area (Å²) in [6, 6.07) is 15.2. The first-order valence-corrected chi connectivity index (χ1v) is 8.43. The van der Waals surface area contributed by atoms with Crippen molar-refractivity contribution in [2.24, 2.45) is 0 Å². The van der Waals surface area contributed by atoms with Crippen LogP contribution in [0.3, 0.4) is 0 Å². The van der Waals surface area contributed by atoms with Crippen molar-refractivity contribution < 1.29 is 0 Å². The van der Waals surface area contributed by atoms with Crippen molar-refractivity contribution in [3.8, 4) is 5.69 Å². The predicted molar refractivity (Wildman–Crippen MR) is 77.0 cm³/mol. The summed E-state index contributed by atoms with van der Waals surface area (Å²) < 4.78 is 2.23. The Hall–Kier alpha value is -1.74. The van der Waals surface area contributed by atoms with Crippen molar-refractivity contribution in [1.82, 2.24) is 9.55 Å². The van der Waals surface area contributed by atoms with Gasteiger partial charge in [-0.05, 0) is 36.8 Å². The van der Waals surface area contributed by atoms with Gasteiger partial charge in [0.2, 0.25) is 0 Å². The van der Waals surface area contributed by atoms with Gasteiger partial charge in [0.15, 0.2) is 0 Å². The molecule has 0 spiro atoms. The third kappa shape index (κ3) is 1.08. The van der Waals surface area contributed by atoms with E-state index in [9.17, 15) is 0 Å². The van der Waals surface area contributed by atoms with E-state index in [1.807, 2.05) is 6.33 Å². The van der Waals surface area contributed by atoms with E-state index in [1.54, 1.807) is 0 Å². The first-order valence-electron chi connectivity index (χ1n) is 5.98. The Labute approximate surface area is 108 Å². The largest absolute Gasteiger partial charge is 0.297 e. The molecule has 2 aromatic carbocycles. The van der Waals surface area contributed by atoms with Crippen molar-refractivity contribution in [3.63, 3.8) is 0 Å². The molecular formula is C15H14N2S. The third-order valence-corrected chi connectivity index (χ3v) is 6.63. The van der Waals surface area contributed by atoms with Crippen LogP contribution in [0.25, 0.3) is 16.7 Å². The van der Waals surface area contributed by atoms with Crippen LogP contribution in [0.5, 0.6) is 0 Å². The lowest BCUT2D eigenvalue weighted by Crippen LogP contribution is -2.10. The lowest BCUT2D eigenvalue weighted by Gasteiger charge is -2.38. The molecule has 90 valence electrons. The second-order valence-electron chi connectivity index (χ2n) is 5.03. The highest BCUT2D eigenvalue weighted by molar-refractivity contribution is 8.33. The molecule has 1 aromatic heterocycles. The van der Waals surface area contributed by atoms with Gasteiger partial charge >= 0.3 is 0 Å². The molecule has 0 bridgehead atoms. The highest BCUT2D eigenvalue weighted by Crippen LogP contribution is 2.62. The molecule has 0 N–H and O–H groups in total. The maximum atomic E-state index is 4.53. The number of para-hydroxylation sites is 2. The molecule has 0 radical (unpaired) electrons. The molecule has 0 saturated carbocycles. The maximum absolute atomic E-state index is 4.53. The van der Waals surface area contributed by atoms with E-state index in [2.05, 4.69) is 64.5 Å². The predicted octanol–water partition coefficient (Wildman–Crippen LogP) is 3.82. The lowest BCUT2D eigenvalue weighted by molar-refractivity contribution is 1.02. The number of rotatable bonds is 0. The number of hydrogen-bond acceptors (Lipinski definition) is 1. The Morgan fingerprint density at radius 1 is 0.944 bits per heavy atom. The lowest BCUT2D eigenvalue weighted by atomic mass is 10.2. The fourth-order valence-corrected chi connectivity index (χ4v) is 5.29. The average molecular weight is 254 g/mol. The van der Waals surface area contributed by atoms with Gasteiger partial charge in [-0.3, -0.25) is 4.57 Å². The zero-order chi connectivity index (χ0) is 12.3. The molecule has 0 atom stereocenters. The number of hydrogen-bond donors (Lipinski definition) is 0. The van der Waals surface area contributed by atoms with Gasteiger partial charge < -0.3 is 0 Å². The zero-order valence-corrected chi connectivity index (χ0v) is 11.2. The van der Waals surface area contributed by atoms with E-state index in [4.69, 9.17) is 0 Å². The number of aromatic nitrogens is 2. The molecule has 0 saturated heterocycles. The van der Waals surface area contributed by atoms with Crippen molar-refractivity contribution in [2.45, 2.75) is 9.79 Å². The molecule has 0 unspecified atom stereocenters. The summed E-state index contributed by atoms with van der Waals surface area (Å²) in [5.74, 6) is 0. The Kier molecular flexibility index (Phi) is 1.80. The van der Waals surface area contributed by atoms with Crippen LogP contribution in [0.4, 0.5) is 0 Å². The monoisotopic (exact) mass is 254 g/mol. The molecule has 2 heterocycles. The molecule has 0 amide bonds. The summed E-state index contributed by atoms with van der Waals surface area (Å²) in [6.07, 6.45) is 6.69. The number of nitrogens with zero attached hydrogens (tertiary/aromatic N) is 2. The van der Waals surface area contributed by atoms with Gasteiger partial charge in [0.05, 0.1) is 16.7 Å². The van der Waals surface area contributed by atoms with Crippen LogP contribution in [-0.2, 0) is 0 Å². The summed E-state index contributed by atoms with van der Waals surface area (Å²) in [7, 11) is -0.938. The minimum absolute atomic E-state index is 0.938. The molecule has 1 aliphatic heterocycles. The van der Waals surface area contributed by atoms with E-state index in [-0.39, 0.29) is 0 Å². The Balaban J connectivity index is 2.27. The molecule has 2 nitrogen and oxygen atoms in total. The summed E-state index contributed by atoms with van der Waals surface area (Å²) >= 11 is 0. The van der Waals surface area contributed by atoms with E-state index in [1.165, 1.54) is 21.0 Å². The van der Waals surface area contributed by atoms with Crippen molar-refractivity contribution in [1.29, 1.82) is 0 Å². The summed E-state index contributed by atoms with van der Waals surface area (Å²) in [6.45, 7) is 0. The van der Waals surface area contributed by atoms with Crippen molar-refractivity contribution in [2.75, 3.05) is 12.5 Å². The van der Waals surface area contributed by atoms with Crippen LogP contribution >= 0.6 is 10.0 Å². The van der Waals surface area contributed by atoms with E-state index < -0.39 is 10.0 Å². The fraction of sp³-hybridized carbons (Fsp3) is 0.133. The van der Waals surface area contributed by atoms with Crippen LogP contribution in [-0.4, -0.2) is 22.1 Å². The van der Waals surface area contributed by atoms with Crippen LogP contribution in [0.15, 0.2) is 58.6 Å². The Morgan fingerprint density at radius 3 is 2.61 bits per heavy atom. The molecule has 18 heavy (non-hydrogen) atoms. The number of imidazole rings is 1. The molecule has 1 aliphatic rings. The van der Waals surface area contributed by atoms with Crippen molar-refractivity contribution >= 4 is 21.1 Å². The van der Waals surface area contributed by atoms with Crippen LogP contribution in [0.1, 0.15) is 0 Å². The van der Waals surface area contributed by atoms with Gasteiger partial charge in [0.1, 0.15) is 6.33 Å². The second-order valence-corrected chi connectivity index (χ2v) is 8.57. The summed E-state index contributed by atoms with van der Waals surface area (Å²) in [4.78, 5) is 7.42. The fourth-order valence-electron chi connectivity index (χ4n) is 2.84. The zero-order valence-electron chi connectivity index (χ0n) is 10.4. The summed E-state index contributed by atoms with van der Waals surface area (Å²) in [5, 5.41) is 0. The minimum Gasteiger partial charge on any atom is -0.297 e. The highest BCUT2D eigenvalue weighted by atomic mass is 32.3. The van der Waals surface area contributed by atoms with Gasteiger partial charge in [0.25, 0.3) is 0 Å². The van der Waals surface area contributed by atoms with Gasteiger partial charge in [-0.15, -0.1) is 0 Å². The molecule has 0 fully saturated rings. The quantitative estimate of drug-likeness (QED) is 0.596. The normalized spacial score (nSPS) is 17.4. The average Bonchev–Trinajstić information content (AvgIpc) is 2.81. The minimum atomic E-state index is -0.938. The molecular weight excluding hydrogens is 240 g/mol. The Bertz CT molecular complexity index is 771. The smallest absolute Gasteiger partial charge is 0.100 e. The second kappa shape index (κ2) is 3.18. The Morgan fingerprint density at radius 2 is 1.72 bits per heavy atom. The van der Waals surface area contributed by atoms with Gasteiger partial charge in [-0.1, -0.05) is 18.2 Å².